The van der Waals surface area contributed by atoms with Gasteiger partial charge in [0.25, 0.3) is 5.91 Å². The Balaban J connectivity index is 2.23. The number of furan rings is 1. The lowest BCUT2D eigenvalue weighted by Crippen LogP contribution is -2.16. The fourth-order valence-electron chi connectivity index (χ4n) is 1.41. The molecule has 1 heterocycles. The molecule has 6 heteroatoms. The van der Waals surface area contributed by atoms with Crippen LogP contribution >= 0.6 is 0 Å². The molecule has 0 fully saturated rings. The zero-order valence-electron chi connectivity index (χ0n) is 9.15. The molecule has 94 valence electrons. The topological polar surface area (TPSA) is 65.5 Å². The maximum absolute atomic E-state index is 13.7. The van der Waals surface area contributed by atoms with Gasteiger partial charge in [-0.05, 0) is 24.3 Å². The Kier molecular flexibility index (Phi) is 3.27. The van der Waals surface area contributed by atoms with E-state index in [4.69, 9.17) is 14.9 Å². The largest absolute Gasteiger partial charge is 0.483 e. The molecule has 4 nitrogen and oxygen atoms in total. The third-order valence-corrected chi connectivity index (χ3v) is 2.25. The standard InChI is InChI=1S/C12H9F2NO3/c13-8-3-4-9(11(14)10(8)12(15)16)18-6-7-2-1-5-17-7/h1-5H,6H2,(H2,15,16). The van der Waals surface area contributed by atoms with E-state index >= 15 is 0 Å². The highest BCUT2D eigenvalue weighted by atomic mass is 19.1. The molecule has 0 unspecified atom stereocenters. The van der Waals surface area contributed by atoms with E-state index in [1.165, 1.54) is 6.26 Å². The van der Waals surface area contributed by atoms with E-state index in [0.717, 1.165) is 12.1 Å². The van der Waals surface area contributed by atoms with Crippen LogP contribution in [0.3, 0.4) is 0 Å². The van der Waals surface area contributed by atoms with Gasteiger partial charge in [-0.2, -0.15) is 0 Å². The number of rotatable bonds is 4. The lowest BCUT2D eigenvalue weighted by Gasteiger charge is -2.08. The number of hydrogen-bond donors (Lipinski definition) is 1. The molecular formula is C12H9F2NO3. The first-order chi connectivity index (χ1) is 8.59. The molecule has 1 amide bonds. The predicted molar refractivity (Wildman–Crippen MR) is 57.9 cm³/mol. The number of carbonyl (C=O) groups excluding carboxylic acids is 1. The van der Waals surface area contributed by atoms with E-state index in [1.807, 2.05) is 0 Å². The van der Waals surface area contributed by atoms with Gasteiger partial charge in [0, 0.05) is 0 Å². The first kappa shape index (κ1) is 12.1. The molecule has 1 aromatic heterocycles. The molecular weight excluding hydrogens is 244 g/mol. The van der Waals surface area contributed by atoms with Crippen molar-refractivity contribution in [2.75, 3.05) is 0 Å². The molecule has 0 saturated carbocycles. The molecule has 0 aliphatic heterocycles. The summed E-state index contributed by atoms with van der Waals surface area (Å²) in [7, 11) is 0. The molecule has 0 saturated heterocycles. The van der Waals surface area contributed by atoms with Gasteiger partial charge in [-0.15, -0.1) is 0 Å². The second-order valence-corrected chi connectivity index (χ2v) is 3.47. The fraction of sp³-hybridized carbons (Fsp3) is 0.0833. The van der Waals surface area contributed by atoms with Gasteiger partial charge in [-0.3, -0.25) is 4.79 Å². The maximum atomic E-state index is 13.7. The van der Waals surface area contributed by atoms with Gasteiger partial charge in [-0.25, -0.2) is 8.78 Å². The maximum Gasteiger partial charge on any atom is 0.254 e. The Hall–Kier alpha value is -2.37. The van der Waals surface area contributed by atoms with Gasteiger partial charge < -0.3 is 14.9 Å². The Labute approximate surface area is 101 Å². The summed E-state index contributed by atoms with van der Waals surface area (Å²) < 4.78 is 37.0. The van der Waals surface area contributed by atoms with Crippen LogP contribution in [-0.4, -0.2) is 5.91 Å². The number of amides is 1. The summed E-state index contributed by atoms with van der Waals surface area (Å²) in [4.78, 5) is 10.9. The summed E-state index contributed by atoms with van der Waals surface area (Å²) in [6.45, 7) is -0.0340. The van der Waals surface area contributed by atoms with Crippen LogP contribution in [0.15, 0.2) is 34.9 Å². The second kappa shape index (κ2) is 4.87. The van der Waals surface area contributed by atoms with E-state index in [0.29, 0.717) is 5.76 Å². The number of nitrogens with two attached hydrogens (primary N) is 1. The van der Waals surface area contributed by atoms with E-state index in [1.54, 1.807) is 12.1 Å². The summed E-state index contributed by atoms with van der Waals surface area (Å²) in [6.07, 6.45) is 1.44. The van der Waals surface area contributed by atoms with Gasteiger partial charge >= 0.3 is 0 Å². The smallest absolute Gasteiger partial charge is 0.254 e. The molecule has 0 bridgehead atoms. The Bertz CT molecular complexity index is 567. The minimum atomic E-state index is -1.19. The average molecular weight is 253 g/mol. The number of ether oxygens (including phenoxy) is 1. The third-order valence-electron chi connectivity index (χ3n) is 2.25. The first-order valence-electron chi connectivity index (χ1n) is 5.02. The second-order valence-electron chi connectivity index (χ2n) is 3.47. The highest BCUT2D eigenvalue weighted by Crippen LogP contribution is 2.23. The number of hydrogen-bond acceptors (Lipinski definition) is 3. The average Bonchev–Trinajstić information content (AvgIpc) is 2.80. The van der Waals surface area contributed by atoms with Crippen molar-refractivity contribution >= 4 is 5.91 Å². The molecule has 0 aliphatic carbocycles. The lowest BCUT2D eigenvalue weighted by molar-refractivity contribution is 0.0991. The lowest BCUT2D eigenvalue weighted by atomic mass is 10.1. The van der Waals surface area contributed by atoms with E-state index in [9.17, 15) is 13.6 Å². The Morgan fingerprint density at radius 2 is 2.11 bits per heavy atom. The van der Waals surface area contributed by atoms with Crippen molar-refractivity contribution in [1.29, 1.82) is 0 Å². The van der Waals surface area contributed by atoms with Gasteiger partial charge in [0.2, 0.25) is 0 Å². The zero-order chi connectivity index (χ0) is 13.1. The molecule has 1 aromatic carbocycles. The van der Waals surface area contributed by atoms with E-state index < -0.39 is 23.1 Å². The molecule has 2 rings (SSSR count). The van der Waals surface area contributed by atoms with Crippen LogP contribution in [0.2, 0.25) is 0 Å². The van der Waals surface area contributed by atoms with Crippen LogP contribution in [0.1, 0.15) is 16.1 Å². The predicted octanol–water partition coefficient (Wildman–Crippen LogP) is 2.24. The molecule has 0 spiro atoms. The van der Waals surface area contributed by atoms with Crippen molar-refractivity contribution in [3.63, 3.8) is 0 Å². The molecule has 0 aliphatic rings. The number of carbonyl (C=O) groups is 1. The van der Waals surface area contributed by atoms with Gasteiger partial charge in [0.05, 0.1) is 6.26 Å². The van der Waals surface area contributed by atoms with Crippen molar-refractivity contribution < 1.29 is 22.7 Å². The summed E-state index contributed by atoms with van der Waals surface area (Å²) in [5.74, 6) is -3.12. The Morgan fingerprint density at radius 1 is 1.33 bits per heavy atom. The van der Waals surface area contributed by atoms with Crippen molar-refractivity contribution in [2.24, 2.45) is 5.73 Å². The monoisotopic (exact) mass is 253 g/mol. The highest BCUT2D eigenvalue weighted by molar-refractivity contribution is 5.93. The van der Waals surface area contributed by atoms with Crippen LogP contribution in [-0.2, 0) is 6.61 Å². The van der Waals surface area contributed by atoms with Gasteiger partial charge in [0.1, 0.15) is 23.7 Å². The van der Waals surface area contributed by atoms with E-state index in [2.05, 4.69) is 0 Å². The quantitative estimate of drug-likeness (QED) is 0.908. The fourth-order valence-corrected chi connectivity index (χ4v) is 1.41. The highest BCUT2D eigenvalue weighted by Gasteiger charge is 2.19. The SMILES string of the molecule is NC(=O)c1c(F)ccc(OCc2ccco2)c1F. The first-order valence-corrected chi connectivity index (χ1v) is 5.02. The van der Waals surface area contributed by atoms with Crippen molar-refractivity contribution in [1.82, 2.24) is 0 Å². The number of benzene rings is 1. The van der Waals surface area contributed by atoms with Crippen molar-refractivity contribution in [3.05, 3.63) is 53.5 Å². The van der Waals surface area contributed by atoms with Gasteiger partial charge in [-0.1, -0.05) is 0 Å². The van der Waals surface area contributed by atoms with Crippen LogP contribution in [0, 0.1) is 11.6 Å². The molecule has 2 N–H and O–H groups in total. The number of halogens is 2. The van der Waals surface area contributed by atoms with Gasteiger partial charge in [0.15, 0.2) is 11.6 Å². The van der Waals surface area contributed by atoms with Crippen LogP contribution in [0.4, 0.5) is 8.78 Å². The molecule has 0 atom stereocenters. The minimum absolute atomic E-state index is 0.0340. The molecule has 2 aromatic rings. The zero-order valence-corrected chi connectivity index (χ0v) is 9.15. The van der Waals surface area contributed by atoms with Crippen LogP contribution < -0.4 is 10.5 Å². The van der Waals surface area contributed by atoms with Crippen molar-refractivity contribution in [2.45, 2.75) is 6.61 Å². The molecule has 0 radical (unpaired) electrons. The van der Waals surface area contributed by atoms with Crippen LogP contribution in [0.5, 0.6) is 5.75 Å². The third kappa shape index (κ3) is 2.32. The molecule has 18 heavy (non-hydrogen) atoms. The summed E-state index contributed by atoms with van der Waals surface area (Å²) in [5.41, 5.74) is 4.07. The minimum Gasteiger partial charge on any atom is -0.483 e. The Morgan fingerprint density at radius 3 is 2.72 bits per heavy atom. The van der Waals surface area contributed by atoms with E-state index in [-0.39, 0.29) is 12.4 Å². The normalized spacial score (nSPS) is 10.3. The summed E-state index contributed by atoms with van der Waals surface area (Å²) in [6, 6.07) is 5.28. The number of primary amides is 1. The summed E-state index contributed by atoms with van der Waals surface area (Å²) in [5, 5.41) is 0. The van der Waals surface area contributed by atoms with Crippen molar-refractivity contribution in [3.8, 4) is 5.75 Å². The summed E-state index contributed by atoms with van der Waals surface area (Å²) >= 11 is 0. The van der Waals surface area contributed by atoms with Crippen LogP contribution in [0.25, 0.3) is 0 Å².